The average Bonchev–Trinajstić information content (AvgIpc) is 1.99. The van der Waals surface area contributed by atoms with E-state index >= 15 is 0 Å². The Morgan fingerprint density at radius 3 is 2.29 bits per heavy atom. The van der Waals surface area contributed by atoms with Gasteiger partial charge in [-0.15, -0.1) is 0 Å². The zero-order valence-corrected chi connectivity index (χ0v) is 9.77. The summed E-state index contributed by atoms with van der Waals surface area (Å²) in [4.78, 5) is 21.8. The highest BCUT2D eigenvalue weighted by atomic mass is 32.2. The molecule has 0 aromatic rings. The maximum Gasteiger partial charge on any atom is 0.326 e. The predicted molar refractivity (Wildman–Crippen MR) is 57.4 cm³/mol. The van der Waals surface area contributed by atoms with E-state index in [9.17, 15) is 9.59 Å². The third-order valence-corrected chi connectivity index (χ3v) is 2.93. The summed E-state index contributed by atoms with van der Waals surface area (Å²) in [7, 11) is 0. The number of carbonyl (C=O) groups is 2. The van der Waals surface area contributed by atoms with Gasteiger partial charge in [0, 0.05) is 18.1 Å². The molecule has 0 aliphatic carbocycles. The third-order valence-electron chi connectivity index (χ3n) is 1.89. The van der Waals surface area contributed by atoms with E-state index in [0.29, 0.717) is 5.75 Å². The van der Waals surface area contributed by atoms with Crippen LogP contribution in [-0.2, 0) is 9.59 Å². The van der Waals surface area contributed by atoms with Crippen LogP contribution in [0, 0.1) is 5.41 Å². The van der Waals surface area contributed by atoms with Gasteiger partial charge in [-0.25, -0.2) is 4.79 Å². The van der Waals surface area contributed by atoms with E-state index in [1.807, 2.05) is 20.1 Å². The van der Waals surface area contributed by atoms with Gasteiger partial charge in [-0.2, -0.15) is 11.8 Å². The molecule has 0 aromatic heterocycles. The molecule has 0 fully saturated rings. The van der Waals surface area contributed by atoms with Crippen LogP contribution in [0.4, 0.5) is 0 Å². The van der Waals surface area contributed by atoms with Crippen molar-refractivity contribution in [2.75, 3.05) is 12.0 Å². The average molecular weight is 219 g/mol. The number of nitrogens with one attached hydrogen (secondary N) is 1. The molecule has 0 bridgehead atoms. The summed E-state index contributed by atoms with van der Waals surface area (Å²) in [5, 5.41) is 11.4. The van der Waals surface area contributed by atoms with Crippen LogP contribution < -0.4 is 5.32 Å². The summed E-state index contributed by atoms with van der Waals surface area (Å²) in [6.45, 7) is 4.99. The summed E-state index contributed by atoms with van der Waals surface area (Å²) in [6, 6.07) is -0.826. The summed E-state index contributed by atoms with van der Waals surface area (Å²) >= 11 is 1.57. The fourth-order valence-corrected chi connectivity index (χ4v) is 2.16. The van der Waals surface area contributed by atoms with Gasteiger partial charge >= 0.3 is 5.97 Å². The zero-order valence-electron chi connectivity index (χ0n) is 8.96. The van der Waals surface area contributed by atoms with Crippen molar-refractivity contribution in [1.29, 1.82) is 0 Å². The summed E-state index contributed by atoms with van der Waals surface area (Å²) in [5.74, 6) is -0.615. The van der Waals surface area contributed by atoms with Gasteiger partial charge in [-0.05, 0) is 6.26 Å². The molecule has 1 amide bonds. The molecule has 0 heterocycles. The zero-order chi connectivity index (χ0) is 11.4. The molecule has 0 aromatic carbocycles. The molecule has 0 spiro atoms. The molecular weight excluding hydrogens is 202 g/mol. The molecule has 0 saturated carbocycles. The van der Waals surface area contributed by atoms with E-state index in [-0.39, 0.29) is 5.91 Å². The van der Waals surface area contributed by atoms with Crippen molar-refractivity contribution in [3.8, 4) is 0 Å². The van der Waals surface area contributed by atoms with Crippen LogP contribution in [0.25, 0.3) is 0 Å². The van der Waals surface area contributed by atoms with Crippen molar-refractivity contribution >= 4 is 23.6 Å². The second kappa shape index (κ2) is 5.24. The first kappa shape index (κ1) is 13.3. The van der Waals surface area contributed by atoms with E-state index < -0.39 is 17.4 Å². The Morgan fingerprint density at radius 2 is 2.00 bits per heavy atom. The Labute approximate surface area is 88.4 Å². The lowest BCUT2D eigenvalue weighted by molar-refractivity contribution is -0.144. The molecule has 0 aliphatic rings. The van der Waals surface area contributed by atoms with Gasteiger partial charge in [0.2, 0.25) is 5.91 Å². The van der Waals surface area contributed by atoms with Gasteiger partial charge in [0.1, 0.15) is 6.04 Å². The smallest absolute Gasteiger partial charge is 0.326 e. The monoisotopic (exact) mass is 219 g/mol. The van der Waals surface area contributed by atoms with E-state index in [2.05, 4.69) is 5.32 Å². The number of thioether (sulfide) groups is 1. The van der Waals surface area contributed by atoms with Crippen LogP contribution in [0.2, 0.25) is 0 Å². The number of carboxylic acid groups (broad SMARTS) is 1. The van der Waals surface area contributed by atoms with Crippen molar-refractivity contribution < 1.29 is 14.7 Å². The molecule has 2 N–H and O–H groups in total. The number of carbonyl (C=O) groups excluding carboxylic acids is 1. The Hall–Kier alpha value is -0.710. The van der Waals surface area contributed by atoms with Crippen LogP contribution in [0.3, 0.4) is 0 Å². The standard InChI is InChI=1S/C9H17NO3S/c1-6(11)10-7(8(12)13)9(2,3)5-14-4/h7H,5H2,1-4H3,(H,10,11)(H,12,13). The lowest BCUT2D eigenvalue weighted by atomic mass is 9.86. The molecule has 1 unspecified atom stereocenters. The van der Waals surface area contributed by atoms with Gasteiger partial charge in [0.15, 0.2) is 0 Å². The number of carboxylic acids is 1. The van der Waals surface area contributed by atoms with Crippen molar-refractivity contribution in [3.63, 3.8) is 0 Å². The number of hydrogen-bond donors (Lipinski definition) is 2. The van der Waals surface area contributed by atoms with E-state index in [1.165, 1.54) is 6.92 Å². The largest absolute Gasteiger partial charge is 0.480 e. The van der Waals surface area contributed by atoms with Crippen LogP contribution in [0.5, 0.6) is 0 Å². The summed E-state index contributed by atoms with van der Waals surface area (Å²) in [5.41, 5.74) is -0.448. The molecule has 0 aliphatic heterocycles. The van der Waals surface area contributed by atoms with Crippen molar-refractivity contribution in [1.82, 2.24) is 5.32 Å². The Morgan fingerprint density at radius 1 is 1.50 bits per heavy atom. The maximum atomic E-state index is 10.9. The van der Waals surface area contributed by atoms with Crippen LogP contribution in [0.1, 0.15) is 20.8 Å². The van der Waals surface area contributed by atoms with Crippen LogP contribution in [0.15, 0.2) is 0 Å². The predicted octanol–water partition coefficient (Wildman–Crippen LogP) is 0.965. The van der Waals surface area contributed by atoms with E-state index in [4.69, 9.17) is 5.11 Å². The maximum absolute atomic E-state index is 10.9. The molecule has 1 atom stereocenters. The first-order valence-electron chi connectivity index (χ1n) is 4.30. The van der Waals surface area contributed by atoms with E-state index in [0.717, 1.165) is 0 Å². The number of rotatable bonds is 5. The van der Waals surface area contributed by atoms with Crippen molar-refractivity contribution in [2.45, 2.75) is 26.8 Å². The first-order valence-corrected chi connectivity index (χ1v) is 5.69. The fraction of sp³-hybridized carbons (Fsp3) is 0.778. The number of hydrogen-bond acceptors (Lipinski definition) is 3. The normalized spacial score (nSPS) is 13.4. The van der Waals surface area contributed by atoms with Gasteiger partial charge < -0.3 is 10.4 Å². The highest BCUT2D eigenvalue weighted by molar-refractivity contribution is 7.98. The molecule has 4 nitrogen and oxygen atoms in total. The second-order valence-electron chi connectivity index (χ2n) is 3.89. The second-order valence-corrected chi connectivity index (χ2v) is 4.76. The summed E-state index contributed by atoms with van der Waals surface area (Å²) in [6.07, 6.45) is 1.91. The lowest BCUT2D eigenvalue weighted by Crippen LogP contribution is -2.50. The molecule has 5 heteroatoms. The van der Waals surface area contributed by atoms with Crippen molar-refractivity contribution in [2.24, 2.45) is 5.41 Å². The number of amides is 1. The molecule has 0 rings (SSSR count). The van der Waals surface area contributed by atoms with Gasteiger partial charge in [-0.1, -0.05) is 13.8 Å². The minimum Gasteiger partial charge on any atom is -0.480 e. The van der Waals surface area contributed by atoms with Crippen LogP contribution >= 0.6 is 11.8 Å². The summed E-state index contributed by atoms with van der Waals surface area (Å²) < 4.78 is 0. The van der Waals surface area contributed by atoms with Gasteiger partial charge in [-0.3, -0.25) is 4.79 Å². The Kier molecular flexibility index (Phi) is 4.97. The Bertz CT molecular complexity index is 228. The molecule has 14 heavy (non-hydrogen) atoms. The SMILES string of the molecule is CSCC(C)(C)C(NC(C)=O)C(=O)O. The molecule has 0 saturated heterocycles. The molecule has 82 valence electrons. The fourth-order valence-electron chi connectivity index (χ4n) is 1.25. The molecule has 0 radical (unpaired) electrons. The minimum atomic E-state index is -0.987. The van der Waals surface area contributed by atoms with Crippen LogP contribution in [-0.4, -0.2) is 35.0 Å². The third kappa shape index (κ3) is 4.00. The number of aliphatic carboxylic acids is 1. The quantitative estimate of drug-likeness (QED) is 0.723. The van der Waals surface area contributed by atoms with Gasteiger partial charge in [0.05, 0.1) is 0 Å². The topological polar surface area (TPSA) is 66.4 Å². The highest BCUT2D eigenvalue weighted by Crippen LogP contribution is 2.25. The van der Waals surface area contributed by atoms with Gasteiger partial charge in [0.25, 0.3) is 0 Å². The van der Waals surface area contributed by atoms with Crippen molar-refractivity contribution in [3.05, 3.63) is 0 Å². The molecular formula is C9H17NO3S. The lowest BCUT2D eigenvalue weighted by Gasteiger charge is -2.30. The first-order chi connectivity index (χ1) is 6.31. The minimum absolute atomic E-state index is 0.313. The highest BCUT2D eigenvalue weighted by Gasteiger charge is 2.35. The van der Waals surface area contributed by atoms with E-state index in [1.54, 1.807) is 11.8 Å². The Balaban J connectivity index is 4.62.